The van der Waals surface area contributed by atoms with Gasteiger partial charge in [0.2, 0.25) is 0 Å². The number of rotatable bonds is 4. The Morgan fingerprint density at radius 1 is 1.67 bits per heavy atom. The van der Waals surface area contributed by atoms with Crippen molar-refractivity contribution in [2.24, 2.45) is 0 Å². The smallest absolute Gasteiger partial charge is 0.000168 e. The van der Waals surface area contributed by atoms with Crippen LogP contribution >= 0.6 is 22.6 Å². The van der Waals surface area contributed by atoms with Crippen LogP contribution in [-0.4, -0.2) is 4.43 Å². The monoisotopic (exact) mass is 236 g/mol. The quantitative estimate of drug-likeness (QED) is 0.399. The predicted octanol–water partition coefficient (Wildman–Crippen LogP) is 3.33. The lowest BCUT2D eigenvalue weighted by Gasteiger charge is -1.94. The highest BCUT2D eigenvalue weighted by molar-refractivity contribution is 14.1. The molecule has 0 atom stereocenters. The average Bonchev–Trinajstić information content (AvgIpc) is 1.85. The van der Waals surface area contributed by atoms with Crippen molar-refractivity contribution in [1.29, 1.82) is 0 Å². The number of allylic oxidation sites excluding steroid dienone is 3. The normalized spacial score (nSPS) is 11.6. The van der Waals surface area contributed by atoms with Gasteiger partial charge in [0, 0.05) is 0 Å². The van der Waals surface area contributed by atoms with Crippen LogP contribution in [0.15, 0.2) is 24.3 Å². The fraction of sp³-hybridized carbons (Fsp3) is 0.500. The van der Waals surface area contributed by atoms with Crippen LogP contribution in [0, 0.1) is 0 Å². The van der Waals surface area contributed by atoms with Gasteiger partial charge < -0.3 is 0 Å². The second-order valence-corrected chi connectivity index (χ2v) is 3.12. The van der Waals surface area contributed by atoms with E-state index < -0.39 is 0 Å². The first-order chi connectivity index (χ1) is 4.31. The molecule has 0 rings (SSSR count). The summed E-state index contributed by atoms with van der Waals surface area (Å²) in [7, 11) is 0. The Balaban J connectivity index is 3.36. The molecule has 0 aromatic rings. The van der Waals surface area contributed by atoms with Crippen LogP contribution in [-0.2, 0) is 0 Å². The number of hydrogen-bond donors (Lipinski definition) is 0. The third kappa shape index (κ3) is 6.09. The van der Waals surface area contributed by atoms with Crippen molar-refractivity contribution < 1.29 is 0 Å². The first-order valence-corrected chi connectivity index (χ1v) is 4.68. The summed E-state index contributed by atoms with van der Waals surface area (Å²) in [5.74, 6) is 0. The average molecular weight is 236 g/mol. The lowest BCUT2D eigenvalue weighted by atomic mass is 10.2. The van der Waals surface area contributed by atoms with E-state index in [-0.39, 0.29) is 0 Å². The highest BCUT2D eigenvalue weighted by Crippen LogP contribution is 2.04. The van der Waals surface area contributed by atoms with Gasteiger partial charge in [-0.2, -0.15) is 0 Å². The lowest BCUT2D eigenvalue weighted by molar-refractivity contribution is 0.928. The Morgan fingerprint density at radius 3 is 2.78 bits per heavy atom. The Bertz CT molecular complexity index is 103. The fourth-order valence-corrected chi connectivity index (χ4v) is 1.01. The van der Waals surface area contributed by atoms with Crippen LogP contribution < -0.4 is 0 Å². The molecule has 0 aromatic carbocycles. The van der Waals surface area contributed by atoms with Crippen LogP contribution in [0.3, 0.4) is 0 Å². The number of alkyl halides is 1. The van der Waals surface area contributed by atoms with Crippen molar-refractivity contribution in [3.63, 3.8) is 0 Å². The Morgan fingerprint density at radius 2 is 2.33 bits per heavy atom. The molecule has 52 valence electrons. The van der Waals surface area contributed by atoms with Crippen LogP contribution in [0.5, 0.6) is 0 Å². The maximum atomic E-state index is 3.63. The van der Waals surface area contributed by atoms with E-state index in [2.05, 4.69) is 42.2 Å². The molecule has 0 aliphatic carbocycles. The molecule has 0 radical (unpaired) electrons. The summed E-state index contributed by atoms with van der Waals surface area (Å²) in [5, 5.41) is 0. The topological polar surface area (TPSA) is 0 Å². The Kier molecular flexibility index (Phi) is 6.48. The van der Waals surface area contributed by atoms with Crippen molar-refractivity contribution in [2.45, 2.75) is 19.8 Å². The van der Waals surface area contributed by atoms with Crippen LogP contribution in [0.25, 0.3) is 0 Å². The molecular weight excluding hydrogens is 223 g/mol. The Hall–Kier alpha value is 0.210. The third-order valence-corrected chi connectivity index (χ3v) is 1.87. The molecule has 0 nitrogen and oxygen atoms in total. The van der Waals surface area contributed by atoms with E-state index in [1.54, 1.807) is 0 Å². The minimum atomic E-state index is 1.22. The van der Waals surface area contributed by atoms with E-state index >= 15 is 0 Å². The van der Waals surface area contributed by atoms with Gasteiger partial charge in [0.1, 0.15) is 0 Å². The SMILES string of the molecule is C=C/C=C(/C)CCCI. The summed E-state index contributed by atoms with van der Waals surface area (Å²) in [6.07, 6.45) is 6.43. The van der Waals surface area contributed by atoms with Gasteiger partial charge >= 0.3 is 0 Å². The summed E-state index contributed by atoms with van der Waals surface area (Å²) in [6, 6.07) is 0. The molecule has 0 amide bonds. The predicted molar refractivity (Wildman–Crippen MR) is 52.1 cm³/mol. The van der Waals surface area contributed by atoms with Crippen LogP contribution in [0.4, 0.5) is 0 Å². The minimum absolute atomic E-state index is 1.22. The van der Waals surface area contributed by atoms with Crippen molar-refractivity contribution in [3.8, 4) is 0 Å². The van der Waals surface area contributed by atoms with E-state index in [9.17, 15) is 0 Å². The van der Waals surface area contributed by atoms with Gasteiger partial charge in [-0.05, 0) is 24.2 Å². The number of hydrogen-bond acceptors (Lipinski definition) is 0. The van der Waals surface area contributed by atoms with Gasteiger partial charge in [-0.15, -0.1) is 0 Å². The molecule has 0 spiro atoms. The second-order valence-electron chi connectivity index (χ2n) is 2.04. The summed E-state index contributed by atoms with van der Waals surface area (Å²) in [6.45, 7) is 5.78. The first-order valence-electron chi connectivity index (χ1n) is 3.15. The molecule has 0 aliphatic rings. The zero-order chi connectivity index (χ0) is 7.11. The molecule has 0 unspecified atom stereocenters. The van der Waals surface area contributed by atoms with Gasteiger partial charge in [-0.3, -0.25) is 0 Å². The van der Waals surface area contributed by atoms with Gasteiger partial charge in [0.25, 0.3) is 0 Å². The maximum absolute atomic E-state index is 3.63. The molecule has 1 heteroatoms. The van der Waals surface area contributed by atoms with Crippen molar-refractivity contribution >= 4 is 22.6 Å². The van der Waals surface area contributed by atoms with Gasteiger partial charge in [-0.25, -0.2) is 0 Å². The van der Waals surface area contributed by atoms with E-state index in [0.717, 1.165) is 0 Å². The molecule has 0 bridgehead atoms. The van der Waals surface area contributed by atoms with Gasteiger partial charge in [-0.1, -0.05) is 46.9 Å². The molecule has 0 fully saturated rings. The standard InChI is InChI=1S/C8H13I/c1-3-5-8(2)6-4-7-9/h3,5H,1,4,6-7H2,2H3/b8-5-. The molecule has 0 saturated heterocycles. The molecular formula is C8H13I. The van der Waals surface area contributed by atoms with E-state index in [0.29, 0.717) is 0 Å². The van der Waals surface area contributed by atoms with Crippen LogP contribution in [0.2, 0.25) is 0 Å². The maximum Gasteiger partial charge on any atom is -0.000168 e. The molecule has 0 saturated carbocycles. The van der Waals surface area contributed by atoms with Crippen molar-refractivity contribution in [1.82, 2.24) is 0 Å². The first kappa shape index (κ1) is 9.21. The van der Waals surface area contributed by atoms with E-state index in [1.807, 2.05) is 6.08 Å². The highest BCUT2D eigenvalue weighted by Gasteiger charge is 1.85. The molecule has 0 aromatic heterocycles. The van der Waals surface area contributed by atoms with Gasteiger partial charge in [0.15, 0.2) is 0 Å². The highest BCUT2D eigenvalue weighted by atomic mass is 127. The molecule has 0 heterocycles. The van der Waals surface area contributed by atoms with Gasteiger partial charge in [0.05, 0.1) is 0 Å². The van der Waals surface area contributed by atoms with Crippen molar-refractivity contribution in [3.05, 3.63) is 24.3 Å². The zero-order valence-corrected chi connectivity index (χ0v) is 8.02. The molecule has 0 N–H and O–H groups in total. The second kappa shape index (κ2) is 6.33. The third-order valence-electron chi connectivity index (χ3n) is 1.11. The summed E-state index contributed by atoms with van der Waals surface area (Å²) < 4.78 is 1.25. The van der Waals surface area contributed by atoms with E-state index in [4.69, 9.17) is 0 Å². The number of halogens is 1. The largest absolute Gasteiger partial charge is 0.0991 e. The van der Waals surface area contributed by atoms with E-state index in [1.165, 1.54) is 22.8 Å². The molecule has 9 heavy (non-hydrogen) atoms. The summed E-state index contributed by atoms with van der Waals surface area (Å²) in [5.41, 5.74) is 1.43. The fourth-order valence-electron chi connectivity index (χ4n) is 0.630. The molecule has 0 aliphatic heterocycles. The summed E-state index contributed by atoms with van der Waals surface area (Å²) >= 11 is 2.40. The minimum Gasteiger partial charge on any atom is -0.0991 e. The Labute approximate surface area is 71.2 Å². The van der Waals surface area contributed by atoms with Crippen molar-refractivity contribution in [2.75, 3.05) is 4.43 Å². The lowest BCUT2D eigenvalue weighted by Crippen LogP contribution is -1.77. The van der Waals surface area contributed by atoms with Crippen LogP contribution in [0.1, 0.15) is 19.8 Å². The zero-order valence-electron chi connectivity index (χ0n) is 5.86. The summed E-state index contributed by atoms with van der Waals surface area (Å²) in [4.78, 5) is 0.